The average molecular weight is 383 g/mol. The van der Waals surface area contributed by atoms with Gasteiger partial charge in [0, 0.05) is 36.6 Å². The van der Waals surface area contributed by atoms with Crippen LogP contribution in [-0.4, -0.2) is 38.2 Å². The van der Waals surface area contributed by atoms with Crippen molar-refractivity contribution in [2.75, 3.05) is 26.3 Å². The van der Waals surface area contributed by atoms with Crippen molar-refractivity contribution in [2.24, 2.45) is 11.3 Å². The van der Waals surface area contributed by atoms with Crippen LogP contribution in [0.25, 0.3) is 0 Å². The summed E-state index contributed by atoms with van der Waals surface area (Å²) in [5.74, 6) is -0.0981. The zero-order valence-electron chi connectivity index (χ0n) is 18.1. The summed E-state index contributed by atoms with van der Waals surface area (Å²) in [4.78, 5) is 22.8. The van der Waals surface area contributed by atoms with E-state index in [9.17, 15) is 9.59 Å². The second-order valence-electron chi connectivity index (χ2n) is 7.70. The maximum Gasteiger partial charge on any atom is 0.332 e. The molecule has 2 N–H and O–H groups in total. The Labute approximate surface area is 164 Å². The number of carbonyl (C=O) groups is 2. The summed E-state index contributed by atoms with van der Waals surface area (Å²) in [6, 6.07) is 0. The minimum Gasteiger partial charge on any atom is -0.463 e. The summed E-state index contributed by atoms with van der Waals surface area (Å²) >= 11 is 0. The highest BCUT2D eigenvalue weighted by molar-refractivity contribution is 5.82. The van der Waals surface area contributed by atoms with E-state index in [0.717, 1.165) is 37.3 Å². The maximum atomic E-state index is 11.5. The van der Waals surface area contributed by atoms with E-state index < -0.39 is 0 Å². The molecule has 0 aromatic heterocycles. The van der Waals surface area contributed by atoms with E-state index in [0.29, 0.717) is 19.1 Å². The zero-order chi connectivity index (χ0) is 20.9. The van der Waals surface area contributed by atoms with Gasteiger partial charge in [0.05, 0.1) is 13.2 Å². The first-order valence-corrected chi connectivity index (χ1v) is 9.77. The van der Waals surface area contributed by atoms with Crippen molar-refractivity contribution in [1.82, 2.24) is 10.6 Å². The van der Waals surface area contributed by atoms with Gasteiger partial charge in [-0.2, -0.15) is 0 Å². The molecule has 1 atom stereocenters. The Morgan fingerprint density at radius 2 is 1.44 bits per heavy atom. The molecule has 1 unspecified atom stereocenters. The molecule has 0 amide bonds. The lowest BCUT2D eigenvalue weighted by atomic mass is 9.82. The van der Waals surface area contributed by atoms with Gasteiger partial charge in [0.2, 0.25) is 0 Å². The molecule has 0 spiro atoms. The van der Waals surface area contributed by atoms with E-state index in [1.165, 1.54) is 12.2 Å². The minimum atomic E-state index is -0.314. The lowest BCUT2D eigenvalue weighted by molar-refractivity contribution is -0.138. The fourth-order valence-electron chi connectivity index (χ4n) is 2.84. The van der Waals surface area contributed by atoms with Gasteiger partial charge in [-0.15, -0.1) is 0 Å². The van der Waals surface area contributed by atoms with Crippen LogP contribution < -0.4 is 10.6 Å². The van der Waals surface area contributed by atoms with E-state index in [2.05, 4.69) is 31.4 Å². The van der Waals surface area contributed by atoms with Crippen LogP contribution in [0.2, 0.25) is 0 Å². The molecule has 0 heterocycles. The lowest BCUT2D eigenvalue weighted by Crippen LogP contribution is -2.31. The molecule has 0 fully saturated rings. The van der Waals surface area contributed by atoms with Gasteiger partial charge >= 0.3 is 11.9 Å². The highest BCUT2D eigenvalue weighted by Crippen LogP contribution is 2.26. The Balaban J connectivity index is 4.25. The van der Waals surface area contributed by atoms with Crippen LogP contribution in [-0.2, 0) is 19.1 Å². The minimum absolute atomic E-state index is 0.0962. The molecule has 0 aromatic carbocycles. The van der Waals surface area contributed by atoms with E-state index in [1.807, 2.05) is 13.8 Å². The van der Waals surface area contributed by atoms with Gasteiger partial charge in [-0.25, -0.2) is 9.59 Å². The molecule has 6 nitrogen and oxygen atoms in total. The van der Waals surface area contributed by atoms with Crippen molar-refractivity contribution >= 4 is 11.9 Å². The molecule has 0 rings (SSSR count). The topological polar surface area (TPSA) is 76.7 Å². The molecule has 0 aliphatic heterocycles. The summed E-state index contributed by atoms with van der Waals surface area (Å²) in [5.41, 5.74) is 1.73. The number of carbonyl (C=O) groups excluding carboxylic acids is 2. The van der Waals surface area contributed by atoms with Gasteiger partial charge in [0.1, 0.15) is 0 Å². The number of hydrogen-bond acceptors (Lipinski definition) is 6. The maximum absolute atomic E-state index is 11.5. The molecule has 6 heteroatoms. The number of ether oxygens (including phenoxy) is 2. The first-order chi connectivity index (χ1) is 12.6. The van der Waals surface area contributed by atoms with Crippen LogP contribution in [0.4, 0.5) is 0 Å². The third-order valence-electron chi connectivity index (χ3n) is 4.03. The molecule has 27 heavy (non-hydrogen) atoms. The summed E-state index contributed by atoms with van der Waals surface area (Å²) < 4.78 is 9.81. The third-order valence-corrected chi connectivity index (χ3v) is 4.03. The van der Waals surface area contributed by atoms with Crippen LogP contribution in [0.5, 0.6) is 0 Å². The predicted molar refractivity (Wildman–Crippen MR) is 109 cm³/mol. The average Bonchev–Trinajstić information content (AvgIpc) is 2.52. The Morgan fingerprint density at radius 1 is 0.963 bits per heavy atom. The summed E-state index contributed by atoms with van der Waals surface area (Å²) in [5, 5.41) is 6.57. The van der Waals surface area contributed by atoms with Crippen molar-refractivity contribution in [3.05, 3.63) is 23.5 Å². The number of rotatable bonds is 13. The monoisotopic (exact) mass is 382 g/mol. The van der Waals surface area contributed by atoms with Crippen LogP contribution in [0.3, 0.4) is 0 Å². The van der Waals surface area contributed by atoms with Gasteiger partial charge in [0.25, 0.3) is 0 Å². The zero-order valence-corrected chi connectivity index (χ0v) is 18.1. The van der Waals surface area contributed by atoms with E-state index in [4.69, 9.17) is 9.47 Å². The van der Waals surface area contributed by atoms with Crippen molar-refractivity contribution in [1.29, 1.82) is 0 Å². The molecular weight excluding hydrogens is 344 g/mol. The summed E-state index contributed by atoms with van der Waals surface area (Å²) in [7, 11) is 0. The first kappa shape index (κ1) is 25.0. The lowest BCUT2D eigenvalue weighted by Gasteiger charge is -2.29. The van der Waals surface area contributed by atoms with Crippen molar-refractivity contribution in [2.45, 2.75) is 61.3 Å². The molecule has 156 valence electrons. The SMILES string of the molecule is CCOC(=O)/C=C(/C)NCCC(C)CC(C)(C)CN/C(C)=C\C(=O)OCC. The van der Waals surface area contributed by atoms with Crippen molar-refractivity contribution < 1.29 is 19.1 Å². The molecule has 0 aromatic rings. The smallest absolute Gasteiger partial charge is 0.332 e. The van der Waals surface area contributed by atoms with Crippen molar-refractivity contribution in [3.8, 4) is 0 Å². The quantitative estimate of drug-likeness (QED) is 0.375. The van der Waals surface area contributed by atoms with Gasteiger partial charge in [0.15, 0.2) is 0 Å². The van der Waals surface area contributed by atoms with Crippen LogP contribution in [0.15, 0.2) is 23.5 Å². The second kappa shape index (κ2) is 13.2. The Hall–Kier alpha value is -1.98. The fourth-order valence-corrected chi connectivity index (χ4v) is 2.84. The van der Waals surface area contributed by atoms with E-state index in [1.54, 1.807) is 13.8 Å². The third kappa shape index (κ3) is 13.8. The number of esters is 2. The number of nitrogens with one attached hydrogen (secondary N) is 2. The standard InChI is InChI=1S/C21H38N2O4/c1-8-26-19(24)12-17(4)22-11-10-16(3)14-21(6,7)15-23-18(5)13-20(25)27-9-2/h12-13,16,22-23H,8-11,14-15H2,1-7H3/b17-12-,18-13-. The van der Waals surface area contributed by atoms with Crippen LogP contribution in [0.1, 0.15) is 61.3 Å². The number of hydrogen-bond donors (Lipinski definition) is 2. The van der Waals surface area contributed by atoms with Crippen molar-refractivity contribution in [3.63, 3.8) is 0 Å². The molecule has 0 radical (unpaired) electrons. The molecule has 0 aliphatic rings. The Morgan fingerprint density at radius 3 is 1.93 bits per heavy atom. The van der Waals surface area contributed by atoms with Gasteiger partial charge < -0.3 is 20.1 Å². The molecule has 0 aliphatic carbocycles. The van der Waals surface area contributed by atoms with Crippen LogP contribution >= 0.6 is 0 Å². The molecule has 0 saturated heterocycles. The van der Waals surface area contributed by atoms with Gasteiger partial charge in [-0.05, 0) is 51.9 Å². The largest absolute Gasteiger partial charge is 0.463 e. The normalized spacial score (nSPS) is 13.7. The fraction of sp³-hybridized carbons (Fsp3) is 0.714. The summed E-state index contributed by atoms with van der Waals surface area (Å²) in [6.07, 6.45) is 5.04. The van der Waals surface area contributed by atoms with E-state index in [-0.39, 0.29) is 17.4 Å². The molecule has 0 bridgehead atoms. The van der Waals surface area contributed by atoms with Gasteiger partial charge in [-0.3, -0.25) is 0 Å². The molecular formula is C21H38N2O4. The first-order valence-electron chi connectivity index (χ1n) is 9.77. The predicted octanol–water partition coefficient (Wildman–Crippen LogP) is 3.54. The van der Waals surface area contributed by atoms with Gasteiger partial charge in [-0.1, -0.05) is 20.8 Å². The van der Waals surface area contributed by atoms with Crippen LogP contribution in [0, 0.1) is 11.3 Å². The highest BCUT2D eigenvalue weighted by atomic mass is 16.5. The molecule has 0 saturated carbocycles. The Bertz CT molecular complexity index is 524. The summed E-state index contributed by atoms with van der Waals surface area (Å²) in [6.45, 7) is 16.4. The Kier molecular flexibility index (Phi) is 12.3. The van der Waals surface area contributed by atoms with E-state index >= 15 is 0 Å². The highest BCUT2D eigenvalue weighted by Gasteiger charge is 2.21. The second-order valence-corrected chi connectivity index (χ2v) is 7.70. The number of allylic oxidation sites excluding steroid dienone is 2.